The second-order valence-corrected chi connectivity index (χ2v) is 13.8. The van der Waals surface area contributed by atoms with E-state index in [2.05, 4.69) is 35.4 Å². The molecular formula is C33H31BrCl2F4N4O6. The Morgan fingerprint density at radius 1 is 0.700 bits per heavy atom. The fourth-order valence-corrected chi connectivity index (χ4v) is 5.19. The molecular weight excluding hydrogens is 775 g/mol. The van der Waals surface area contributed by atoms with Crippen LogP contribution in [0.15, 0.2) is 65.4 Å². The number of hydrogen-bond donors (Lipinski definition) is 2. The summed E-state index contributed by atoms with van der Waals surface area (Å²) in [5, 5.41) is 0.557. The molecule has 50 heavy (non-hydrogen) atoms. The molecule has 2 aromatic carbocycles. The van der Waals surface area contributed by atoms with Crippen LogP contribution in [0.5, 0.6) is 23.0 Å². The van der Waals surface area contributed by atoms with Crippen molar-refractivity contribution in [3.63, 3.8) is 0 Å². The van der Waals surface area contributed by atoms with E-state index in [9.17, 15) is 17.6 Å². The number of rotatable bonds is 2. The standard InChI is InChI=1S/C13H9ClF2N2O2.C12H18N2O2.C8H4BrClF2O2/c14-9-4-11-10(19-6-13(15,16)20-11)3-8(9)7-1-2-12(17)18-5-7;1-11(2)12(3,4)16-10(15-11)8-5-6-9(13)14-7-8;9-4-1-6-7(2-5(4)10)14-8(11,12)3-13-6/h1-5H,6H2,(H2,17,18);5-7,10H,1-4H3,(H2,13,14);1-2H,3H2. The molecule has 0 aliphatic carbocycles. The third kappa shape index (κ3) is 8.75. The molecule has 1 fully saturated rings. The SMILES string of the molecule is CC1(C)OC(c2ccc(N)nc2)OC1(C)C.FC1(F)COc2cc(Br)c(Cl)cc2O1.Nc1ccc(-c2cc3c(cc2Cl)OC(F)(F)CO3)cn1. The number of hydrogen-bond acceptors (Lipinski definition) is 10. The fraction of sp³-hybridized carbons (Fsp3) is 0.333. The summed E-state index contributed by atoms with van der Waals surface area (Å²) >= 11 is 14.9. The van der Waals surface area contributed by atoms with Gasteiger partial charge in [0, 0.05) is 45.7 Å². The molecule has 1 saturated heterocycles. The molecule has 268 valence electrons. The molecule has 4 N–H and O–H groups in total. The van der Waals surface area contributed by atoms with E-state index in [1.54, 1.807) is 36.7 Å². The van der Waals surface area contributed by atoms with Gasteiger partial charge in [-0.25, -0.2) is 9.97 Å². The Morgan fingerprint density at radius 2 is 1.20 bits per heavy atom. The molecule has 0 atom stereocenters. The number of anilines is 2. The largest absolute Gasteiger partial charge is 0.479 e. The Kier molecular flexibility index (Phi) is 10.6. The van der Waals surface area contributed by atoms with Gasteiger partial charge in [-0.3, -0.25) is 0 Å². The summed E-state index contributed by atoms with van der Waals surface area (Å²) in [6, 6.07) is 12.6. The van der Waals surface area contributed by atoms with Crippen molar-refractivity contribution in [3.8, 4) is 34.1 Å². The van der Waals surface area contributed by atoms with Gasteiger partial charge < -0.3 is 39.9 Å². The van der Waals surface area contributed by atoms with Crippen LogP contribution >= 0.6 is 39.1 Å². The molecule has 0 spiro atoms. The molecule has 0 radical (unpaired) electrons. The Morgan fingerprint density at radius 3 is 1.70 bits per heavy atom. The number of nitrogens with two attached hydrogens (primary N) is 2. The molecule has 3 aliphatic rings. The third-order valence-corrected chi connectivity index (χ3v) is 9.27. The van der Waals surface area contributed by atoms with Gasteiger partial charge in [0.25, 0.3) is 0 Å². The van der Waals surface area contributed by atoms with Crippen LogP contribution in [-0.4, -0.2) is 46.6 Å². The first-order valence-corrected chi connectivity index (χ1v) is 16.3. The summed E-state index contributed by atoms with van der Waals surface area (Å²) in [7, 11) is 0. The first-order valence-electron chi connectivity index (χ1n) is 14.7. The van der Waals surface area contributed by atoms with Gasteiger partial charge in [-0.2, -0.15) is 17.6 Å². The van der Waals surface area contributed by atoms with Gasteiger partial charge in [-0.1, -0.05) is 23.2 Å². The number of benzene rings is 2. The summed E-state index contributed by atoms with van der Waals surface area (Å²) in [4.78, 5) is 8.00. The first-order chi connectivity index (χ1) is 23.2. The molecule has 7 rings (SSSR count). The number of nitrogens with zero attached hydrogens (tertiary/aromatic N) is 2. The zero-order valence-corrected chi connectivity index (χ0v) is 30.0. The molecule has 4 aromatic rings. The third-order valence-electron chi connectivity index (χ3n) is 7.76. The average Bonchev–Trinajstić information content (AvgIpc) is 3.24. The molecule has 3 aliphatic heterocycles. The fourth-order valence-electron chi connectivity index (χ4n) is 4.46. The van der Waals surface area contributed by atoms with Crippen LogP contribution in [0.4, 0.5) is 29.2 Å². The molecule has 17 heteroatoms. The lowest BCUT2D eigenvalue weighted by Gasteiger charge is -2.30. The van der Waals surface area contributed by atoms with Crippen LogP contribution in [0.3, 0.4) is 0 Å². The van der Waals surface area contributed by atoms with Crippen molar-refractivity contribution in [2.45, 2.75) is 57.4 Å². The van der Waals surface area contributed by atoms with Gasteiger partial charge in [0.1, 0.15) is 11.6 Å². The van der Waals surface area contributed by atoms with Crippen molar-refractivity contribution in [2.75, 3.05) is 24.7 Å². The van der Waals surface area contributed by atoms with Crippen LogP contribution in [0.25, 0.3) is 11.1 Å². The van der Waals surface area contributed by atoms with Gasteiger partial charge in [0.15, 0.2) is 42.5 Å². The van der Waals surface area contributed by atoms with E-state index in [-0.39, 0.29) is 45.5 Å². The molecule has 0 saturated carbocycles. The van der Waals surface area contributed by atoms with E-state index < -0.39 is 25.4 Å². The van der Waals surface area contributed by atoms with Crippen molar-refractivity contribution < 1.29 is 46.0 Å². The van der Waals surface area contributed by atoms with Gasteiger partial charge in [-0.15, -0.1) is 0 Å². The van der Waals surface area contributed by atoms with Crippen molar-refractivity contribution >= 4 is 50.8 Å². The summed E-state index contributed by atoms with van der Waals surface area (Å²) in [6.45, 7) is 6.49. The maximum absolute atomic E-state index is 13.1. The lowest BCUT2D eigenvalue weighted by Crippen LogP contribution is -2.41. The minimum Gasteiger partial charge on any atom is -0.479 e. The van der Waals surface area contributed by atoms with E-state index in [4.69, 9.17) is 53.6 Å². The van der Waals surface area contributed by atoms with Crippen LogP contribution < -0.4 is 30.4 Å². The predicted molar refractivity (Wildman–Crippen MR) is 182 cm³/mol. The van der Waals surface area contributed by atoms with Crippen molar-refractivity contribution in [1.82, 2.24) is 9.97 Å². The van der Waals surface area contributed by atoms with Crippen molar-refractivity contribution in [2.24, 2.45) is 0 Å². The Balaban J connectivity index is 0.000000148. The molecule has 0 amide bonds. The highest BCUT2D eigenvalue weighted by Crippen LogP contribution is 2.45. The predicted octanol–water partition coefficient (Wildman–Crippen LogP) is 9.08. The average molecular weight is 806 g/mol. The highest BCUT2D eigenvalue weighted by molar-refractivity contribution is 9.10. The number of fused-ring (bicyclic) bond motifs is 2. The van der Waals surface area contributed by atoms with Crippen molar-refractivity contribution in [3.05, 3.63) is 81.0 Å². The minimum absolute atomic E-state index is 0.0468. The zero-order valence-electron chi connectivity index (χ0n) is 26.9. The molecule has 2 aromatic heterocycles. The van der Waals surface area contributed by atoms with Crippen LogP contribution in [0.1, 0.15) is 39.5 Å². The topological polar surface area (TPSA) is 133 Å². The second kappa shape index (κ2) is 14.1. The lowest BCUT2D eigenvalue weighted by atomic mass is 9.90. The van der Waals surface area contributed by atoms with E-state index >= 15 is 0 Å². The Bertz CT molecular complexity index is 1840. The molecule has 5 heterocycles. The number of ether oxygens (including phenoxy) is 6. The van der Waals surface area contributed by atoms with Crippen LogP contribution in [0.2, 0.25) is 10.0 Å². The number of pyridine rings is 2. The highest BCUT2D eigenvalue weighted by Gasteiger charge is 2.49. The van der Waals surface area contributed by atoms with E-state index in [0.29, 0.717) is 32.3 Å². The Hall–Kier alpha value is -3.76. The summed E-state index contributed by atoms with van der Waals surface area (Å²) in [6.07, 6.45) is -3.76. The van der Waals surface area contributed by atoms with Gasteiger partial charge in [0.2, 0.25) is 0 Å². The molecule has 10 nitrogen and oxygen atoms in total. The monoisotopic (exact) mass is 804 g/mol. The Labute approximate surface area is 303 Å². The van der Waals surface area contributed by atoms with E-state index in [0.717, 1.165) is 5.56 Å². The lowest BCUT2D eigenvalue weighted by molar-refractivity contribution is -0.209. The molecule has 0 bridgehead atoms. The number of alkyl halides is 4. The maximum Gasteiger partial charge on any atom is 0.433 e. The van der Waals surface area contributed by atoms with Crippen LogP contribution in [0, 0.1) is 0 Å². The van der Waals surface area contributed by atoms with Gasteiger partial charge in [-0.05, 0) is 80.0 Å². The van der Waals surface area contributed by atoms with E-state index in [1.165, 1.54) is 18.2 Å². The van der Waals surface area contributed by atoms with Crippen LogP contribution in [-0.2, 0) is 9.47 Å². The quantitative estimate of drug-likeness (QED) is 0.189. The summed E-state index contributed by atoms with van der Waals surface area (Å²) in [5.41, 5.74) is 12.6. The van der Waals surface area contributed by atoms with Crippen molar-refractivity contribution in [1.29, 1.82) is 0 Å². The number of aromatic nitrogens is 2. The van der Waals surface area contributed by atoms with E-state index in [1.807, 2.05) is 33.8 Å². The number of nitrogen functional groups attached to an aromatic ring is 2. The van der Waals surface area contributed by atoms with Gasteiger partial charge in [0.05, 0.1) is 21.2 Å². The first kappa shape index (κ1) is 37.5. The summed E-state index contributed by atoms with van der Waals surface area (Å²) in [5.74, 6) is 1.22. The maximum atomic E-state index is 13.1. The highest BCUT2D eigenvalue weighted by atomic mass is 79.9. The minimum atomic E-state index is -3.35. The molecule has 0 unspecified atom stereocenters. The number of halogens is 7. The summed E-state index contributed by atoms with van der Waals surface area (Å²) < 4.78 is 82.6. The van der Waals surface area contributed by atoms with Gasteiger partial charge >= 0.3 is 12.2 Å². The second-order valence-electron chi connectivity index (χ2n) is 12.1. The smallest absolute Gasteiger partial charge is 0.433 e. The normalized spacial score (nSPS) is 18.9. The zero-order chi connectivity index (χ0) is 36.6.